The third-order valence-corrected chi connectivity index (χ3v) is 6.82. The first-order valence-corrected chi connectivity index (χ1v) is 12.1. The first-order chi connectivity index (χ1) is 16.7. The van der Waals surface area contributed by atoms with Gasteiger partial charge in [0.15, 0.2) is 0 Å². The number of aryl methyl sites for hydroxylation is 1. The molecule has 0 bridgehead atoms. The van der Waals surface area contributed by atoms with Crippen molar-refractivity contribution >= 4 is 22.5 Å². The predicted molar refractivity (Wildman–Crippen MR) is 138 cm³/mol. The second kappa shape index (κ2) is 10.4. The minimum Gasteiger partial charge on any atom is -0.384 e. The molecule has 2 unspecified atom stereocenters. The number of benzene rings is 3. The number of fused-ring (bicyclic) bond motifs is 1. The fourth-order valence-electron chi connectivity index (χ4n) is 4.67. The summed E-state index contributed by atoms with van der Waals surface area (Å²) in [5, 5.41) is 13.7. The van der Waals surface area contributed by atoms with Gasteiger partial charge in [0.2, 0.25) is 0 Å². The van der Waals surface area contributed by atoms with Gasteiger partial charge in [0.25, 0.3) is 0 Å². The fourth-order valence-corrected chi connectivity index (χ4v) is 4.95. The van der Waals surface area contributed by atoms with Crippen LogP contribution in [0.25, 0.3) is 10.9 Å². The van der Waals surface area contributed by atoms with Gasteiger partial charge in [-0.2, -0.15) is 0 Å². The van der Waals surface area contributed by atoms with Crippen molar-refractivity contribution in [1.29, 1.82) is 0 Å². The molecule has 0 aliphatic carbocycles. The van der Waals surface area contributed by atoms with Crippen LogP contribution in [0.5, 0.6) is 0 Å². The maximum Gasteiger partial charge on any atom is 0.132 e. The summed E-state index contributed by atoms with van der Waals surface area (Å²) in [6, 6.07) is 20.6. The van der Waals surface area contributed by atoms with E-state index in [-0.39, 0.29) is 12.0 Å². The van der Waals surface area contributed by atoms with E-state index in [1.807, 2.05) is 80.5 Å². The number of halogens is 3. The number of aromatic nitrogens is 1. The van der Waals surface area contributed by atoms with Crippen molar-refractivity contribution in [2.24, 2.45) is 0 Å². The van der Waals surface area contributed by atoms with Gasteiger partial charge in [-0.15, -0.1) is 0 Å². The Labute approximate surface area is 210 Å². The van der Waals surface area contributed by atoms with E-state index in [9.17, 15) is 13.9 Å². The zero-order valence-electron chi connectivity index (χ0n) is 20.1. The molecule has 0 fully saturated rings. The highest BCUT2D eigenvalue weighted by Gasteiger charge is 2.41. The van der Waals surface area contributed by atoms with Gasteiger partial charge in [-0.05, 0) is 73.5 Å². The van der Waals surface area contributed by atoms with E-state index in [0.29, 0.717) is 17.2 Å². The lowest BCUT2D eigenvalue weighted by molar-refractivity contribution is 0.00396. The molecular formula is C29H29ClF2N2O. The molecule has 0 amide bonds. The molecule has 0 saturated carbocycles. The molecule has 0 saturated heterocycles. The molecular weight excluding hydrogens is 466 g/mol. The third-order valence-electron chi connectivity index (χ3n) is 6.50. The van der Waals surface area contributed by atoms with Crippen LogP contribution in [-0.4, -0.2) is 35.6 Å². The Morgan fingerprint density at radius 1 is 0.943 bits per heavy atom. The summed E-state index contributed by atoms with van der Waals surface area (Å²) >= 11 is 6.41. The van der Waals surface area contributed by atoms with Crippen molar-refractivity contribution in [2.45, 2.75) is 31.3 Å². The lowest BCUT2D eigenvalue weighted by atomic mass is 9.71. The average Bonchev–Trinajstić information content (AvgIpc) is 2.82. The number of rotatable bonds is 8. The molecule has 6 heteroatoms. The maximum atomic E-state index is 14.4. The quantitative estimate of drug-likeness (QED) is 0.277. The zero-order valence-corrected chi connectivity index (χ0v) is 20.9. The number of hydrogen-bond donors (Lipinski definition) is 1. The lowest BCUT2D eigenvalue weighted by Gasteiger charge is -2.38. The highest BCUT2D eigenvalue weighted by atomic mass is 35.5. The molecule has 4 rings (SSSR count). The Bertz CT molecular complexity index is 1310. The Balaban J connectivity index is 1.96. The van der Waals surface area contributed by atoms with E-state index < -0.39 is 23.2 Å². The summed E-state index contributed by atoms with van der Waals surface area (Å²) in [6.45, 7) is 2.53. The minimum absolute atomic E-state index is 0.193. The van der Waals surface area contributed by atoms with Crippen molar-refractivity contribution in [3.05, 3.63) is 112 Å². The molecule has 1 N–H and O–H groups in total. The van der Waals surface area contributed by atoms with E-state index in [1.54, 1.807) is 0 Å². The molecule has 0 aliphatic rings. The molecule has 4 aromatic rings. The van der Waals surface area contributed by atoms with Crippen molar-refractivity contribution < 1.29 is 13.9 Å². The Hall–Kier alpha value is -2.86. The van der Waals surface area contributed by atoms with Crippen LogP contribution in [0.3, 0.4) is 0 Å². The molecule has 0 spiro atoms. The van der Waals surface area contributed by atoms with Gasteiger partial charge >= 0.3 is 0 Å². The van der Waals surface area contributed by atoms with Gasteiger partial charge in [-0.1, -0.05) is 61.0 Å². The number of hydrogen-bond acceptors (Lipinski definition) is 3. The number of aliphatic hydroxyl groups is 1. The molecule has 1 aromatic heterocycles. The van der Waals surface area contributed by atoms with Gasteiger partial charge in [-0.3, -0.25) is 0 Å². The molecule has 3 aromatic carbocycles. The average molecular weight is 495 g/mol. The van der Waals surface area contributed by atoms with Crippen LogP contribution in [0, 0.1) is 11.6 Å². The Kier molecular flexibility index (Phi) is 7.50. The van der Waals surface area contributed by atoms with Crippen LogP contribution < -0.4 is 0 Å². The highest BCUT2D eigenvalue weighted by Crippen LogP contribution is 2.45. The first-order valence-electron chi connectivity index (χ1n) is 11.7. The Morgan fingerprint density at radius 2 is 1.63 bits per heavy atom. The summed E-state index contributed by atoms with van der Waals surface area (Å²) in [5.41, 5.74) is 1.86. The molecule has 0 radical (unpaired) electrons. The van der Waals surface area contributed by atoms with Crippen LogP contribution in [0.4, 0.5) is 8.78 Å². The van der Waals surface area contributed by atoms with Gasteiger partial charge in [0.1, 0.15) is 22.4 Å². The fraction of sp³-hybridized carbons (Fsp3) is 0.276. The summed E-state index contributed by atoms with van der Waals surface area (Å²) in [4.78, 5) is 6.54. The maximum absolute atomic E-state index is 14.4. The second-order valence-corrected chi connectivity index (χ2v) is 9.58. The SMILES string of the molecule is CCc1cc2ccc(C(c3ccccc3)C(O)(CCN(C)C)c3cc(F)cc(F)c3)cc2nc1Cl. The standard InChI is InChI=1S/C29H29ClF2N2O/c1-4-19-14-21-10-11-22(15-26(21)33-28(19)30)27(20-8-6-5-7-9-20)29(35,12-13-34(2)3)23-16-24(31)18-25(32)17-23/h5-11,14-18,27,35H,4,12-13H2,1-3H3. The second-order valence-electron chi connectivity index (χ2n) is 9.22. The van der Waals surface area contributed by atoms with Crippen molar-refractivity contribution in [2.75, 3.05) is 20.6 Å². The van der Waals surface area contributed by atoms with E-state index in [2.05, 4.69) is 4.98 Å². The molecule has 1 heterocycles. The largest absolute Gasteiger partial charge is 0.384 e. The van der Waals surface area contributed by atoms with Crippen LogP contribution in [0.1, 0.15) is 41.5 Å². The summed E-state index contributed by atoms with van der Waals surface area (Å²) in [6.07, 6.45) is 1.02. The van der Waals surface area contributed by atoms with E-state index in [0.717, 1.165) is 34.6 Å². The van der Waals surface area contributed by atoms with E-state index >= 15 is 0 Å². The van der Waals surface area contributed by atoms with Gasteiger partial charge < -0.3 is 10.0 Å². The first kappa shape index (κ1) is 25.2. The van der Waals surface area contributed by atoms with Crippen molar-refractivity contribution in [3.63, 3.8) is 0 Å². The number of nitrogens with zero attached hydrogens (tertiary/aromatic N) is 2. The Morgan fingerprint density at radius 3 is 2.26 bits per heavy atom. The summed E-state index contributed by atoms with van der Waals surface area (Å²) in [7, 11) is 3.80. The monoisotopic (exact) mass is 494 g/mol. The molecule has 182 valence electrons. The smallest absolute Gasteiger partial charge is 0.132 e. The van der Waals surface area contributed by atoms with E-state index in [1.165, 1.54) is 12.1 Å². The molecule has 0 aliphatic heterocycles. The van der Waals surface area contributed by atoms with Crippen molar-refractivity contribution in [1.82, 2.24) is 9.88 Å². The van der Waals surface area contributed by atoms with Crippen molar-refractivity contribution in [3.8, 4) is 0 Å². The van der Waals surface area contributed by atoms with Crippen LogP contribution in [-0.2, 0) is 12.0 Å². The number of pyridine rings is 1. The minimum atomic E-state index is -1.60. The molecule has 2 atom stereocenters. The van der Waals surface area contributed by atoms with Gasteiger partial charge in [-0.25, -0.2) is 13.8 Å². The lowest BCUT2D eigenvalue weighted by Crippen LogP contribution is -2.37. The third kappa shape index (κ3) is 5.37. The van der Waals surface area contributed by atoms with Crippen LogP contribution >= 0.6 is 11.6 Å². The van der Waals surface area contributed by atoms with Gasteiger partial charge in [0, 0.05) is 23.9 Å². The normalized spacial score (nSPS) is 14.3. The summed E-state index contributed by atoms with van der Waals surface area (Å²) < 4.78 is 28.7. The van der Waals surface area contributed by atoms with Crippen LogP contribution in [0.15, 0.2) is 72.8 Å². The summed E-state index contributed by atoms with van der Waals surface area (Å²) in [5.74, 6) is -2.07. The van der Waals surface area contributed by atoms with E-state index in [4.69, 9.17) is 11.6 Å². The van der Waals surface area contributed by atoms with Gasteiger partial charge in [0.05, 0.1) is 5.52 Å². The topological polar surface area (TPSA) is 36.4 Å². The molecule has 35 heavy (non-hydrogen) atoms. The molecule has 3 nitrogen and oxygen atoms in total. The zero-order chi connectivity index (χ0) is 25.2. The van der Waals surface area contributed by atoms with Crippen LogP contribution in [0.2, 0.25) is 5.15 Å². The highest BCUT2D eigenvalue weighted by molar-refractivity contribution is 6.30. The predicted octanol–water partition coefficient (Wildman–Crippen LogP) is 6.70.